The second-order valence-corrected chi connectivity index (χ2v) is 2.04. The molecular formula is C7H7FeNO2. The van der Waals surface area contributed by atoms with E-state index in [1.807, 2.05) is 0 Å². The van der Waals surface area contributed by atoms with Crippen molar-refractivity contribution in [2.24, 2.45) is 0 Å². The van der Waals surface area contributed by atoms with E-state index in [0.717, 1.165) is 0 Å². The first-order valence-corrected chi connectivity index (χ1v) is 2.92. The molecule has 4 heteroatoms. The van der Waals surface area contributed by atoms with Crippen molar-refractivity contribution >= 4 is 5.69 Å². The second kappa shape index (κ2) is 4.11. The number of nitro benzene ring substituents is 1. The van der Waals surface area contributed by atoms with Crippen molar-refractivity contribution in [3.05, 3.63) is 39.9 Å². The molecule has 0 aliphatic carbocycles. The summed E-state index contributed by atoms with van der Waals surface area (Å²) in [6.07, 6.45) is 0. The maximum atomic E-state index is 10.2. The molecule has 0 saturated carbocycles. The molecule has 0 fully saturated rings. The fraction of sp³-hybridized carbons (Fsp3) is 0.143. The number of rotatable bonds is 1. The quantitative estimate of drug-likeness (QED) is 0.388. The summed E-state index contributed by atoms with van der Waals surface area (Å²) < 4.78 is 0. The van der Waals surface area contributed by atoms with Gasteiger partial charge in [0.15, 0.2) is 0 Å². The van der Waals surface area contributed by atoms with Crippen LogP contribution in [-0.4, -0.2) is 4.92 Å². The number of hydrogen-bond acceptors (Lipinski definition) is 2. The molecule has 1 rings (SSSR count). The Morgan fingerprint density at radius 3 is 2.27 bits per heavy atom. The Hall–Kier alpha value is -0.861. The van der Waals surface area contributed by atoms with Gasteiger partial charge in [0.2, 0.25) is 0 Å². The number of aryl methyl sites for hydroxylation is 1. The van der Waals surface area contributed by atoms with Gasteiger partial charge in [-0.25, -0.2) is 0 Å². The SMILES string of the molecule is Cc1ccccc1[N+](=O)[O-].[Fe]. The van der Waals surface area contributed by atoms with Crippen LogP contribution >= 0.6 is 0 Å². The third kappa shape index (κ3) is 2.33. The summed E-state index contributed by atoms with van der Waals surface area (Å²) in [4.78, 5) is 9.85. The summed E-state index contributed by atoms with van der Waals surface area (Å²) in [6.45, 7) is 1.72. The van der Waals surface area contributed by atoms with Crippen molar-refractivity contribution in [2.75, 3.05) is 0 Å². The first-order chi connectivity index (χ1) is 4.72. The molecule has 0 saturated heterocycles. The van der Waals surface area contributed by atoms with Gasteiger partial charge in [0, 0.05) is 28.7 Å². The van der Waals surface area contributed by atoms with E-state index in [9.17, 15) is 10.1 Å². The van der Waals surface area contributed by atoms with E-state index in [4.69, 9.17) is 0 Å². The predicted octanol–water partition coefficient (Wildman–Crippen LogP) is 1.90. The van der Waals surface area contributed by atoms with Crippen LogP contribution in [0.25, 0.3) is 0 Å². The summed E-state index contributed by atoms with van der Waals surface area (Å²) >= 11 is 0. The van der Waals surface area contributed by atoms with E-state index in [0.29, 0.717) is 5.56 Å². The monoisotopic (exact) mass is 193 g/mol. The molecule has 3 nitrogen and oxygen atoms in total. The molecule has 11 heavy (non-hydrogen) atoms. The molecule has 60 valence electrons. The van der Waals surface area contributed by atoms with Crippen molar-refractivity contribution in [1.82, 2.24) is 0 Å². The number of benzene rings is 1. The average Bonchev–Trinajstić information content (AvgIpc) is 1.88. The molecule has 0 spiro atoms. The summed E-state index contributed by atoms with van der Waals surface area (Å²) in [5, 5.41) is 10.2. The van der Waals surface area contributed by atoms with Crippen molar-refractivity contribution in [3.8, 4) is 0 Å². The van der Waals surface area contributed by atoms with Gasteiger partial charge in [0.05, 0.1) is 4.92 Å². The topological polar surface area (TPSA) is 43.1 Å². The zero-order chi connectivity index (χ0) is 7.56. The van der Waals surface area contributed by atoms with E-state index in [1.165, 1.54) is 6.07 Å². The first kappa shape index (κ1) is 10.1. The van der Waals surface area contributed by atoms with Crippen LogP contribution in [0.1, 0.15) is 5.56 Å². The van der Waals surface area contributed by atoms with Gasteiger partial charge in [0.25, 0.3) is 5.69 Å². The van der Waals surface area contributed by atoms with Crippen LogP contribution in [0.4, 0.5) is 5.69 Å². The fourth-order valence-corrected chi connectivity index (χ4v) is 0.768. The fourth-order valence-electron chi connectivity index (χ4n) is 0.768. The van der Waals surface area contributed by atoms with Crippen LogP contribution in [0.2, 0.25) is 0 Å². The molecule has 0 heterocycles. The Bertz CT molecular complexity index is 262. The molecule has 1 aromatic carbocycles. The molecule has 0 atom stereocenters. The van der Waals surface area contributed by atoms with Gasteiger partial charge >= 0.3 is 0 Å². The maximum absolute atomic E-state index is 10.2. The van der Waals surface area contributed by atoms with Gasteiger partial charge in [-0.05, 0) is 6.92 Å². The molecular weight excluding hydrogens is 186 g/mol. The van der Waals surface area contributed by atoms with Crippen LogP contribution < -0.4 is 0 Å². The van der Waals surface area contributed by atoms with Gasteiger partial charge in [-0.3, -0.25) is 10.1 Å². The zero-order valence-corrected chi connectivity index (χ0v) is 7.03. The Balaban J connectivity index is 0.000001000. The Kier molecular flexibility index (Phi) is 3.79. The third-order valence-electron chi connectivity index (χ3n) is 1.31. The van der Waals surface area contributed by atoms with E-state index in [-0.39, 0.29) is 27.7 Å². The molecule has 0 aromatic heterocycles. The number of hydrogen-bond donors (Lipinski definition) is 0. The standard InChI is InChI=1S/C7H7NO2.Fe/c1-6-4-2-3-5-7(6)8(9)10;/h2-5H,1H3;. The van der Waals surface area contributed by atoms with Crippen molar-refractivity contribution in [3.63, 3.8) is 0 Å². The van der Waals surface area contributed by atoms with Gasteiger partial charge in [-0.15, -0.1) is 0 Å². The minimum Gasteiger partial charge on any atom is -0.258 e. The maximum Gasteiger partial charge on any atom is 0.272 e. The van der Waals surface area contributed by atoms with E-state index in [2.05, 4.69) is 0 Å². The smallest absolute Gasteiger partial charge is 0.258 e. The molecule has 0 unspecified atom stereocenters. The summed E-state index contributed by atoms with van der Waals surface area (Å²) in [7, 11) is 0. The Morgan fingerprint density at radius 2 is 1.91 bits per heavy atom. The molecule has 0 N–H and O–H groups in total. The van der Waals surface area contributed by atoms with Gasteiger partial charge in [-0.1, -0.05) is 18.2 Å². The number of para-hydroxylation sites is 1. The zero-order valence-electron chi connectivity index (χ0n) is 5.93. The van der Waals surface area contributed by atoms with E-state index >= 15 is 0 Å². The van der Waals surface area contributed by atoms with Crippen molar-refractivity contribution < 1.29 is 22.0 Å². The molecule has 1 aromatic rings. The minimum absolute atomic E-state index is 0. The predicted molar refractivity (Wildman–Crippen MR) is 37.8 cm³/mol. The van der Waals surface area contributed by atoms with Crippen molar-refractivity contribution in [2.45, 2.75) is 6.92 Å². The normalized spacial score (nSPS) is 8.45. The third-order valence-corrected chi connectivity index (χ3v) is 1.31. The molecule has 0 aliphatic rings. The van der Waals surface area contributed by atoms with Gasteiger partial charge in [-0.2, -0.15) is 0 Å². The minimum atomic E-state index is -0.380. The van der Waals surface area contributed by atoms with Crippen LogP contribution in [0.15, 0.2) is 24.3 Å². The molecule has 0 radical (unpaired) electrons. The molecule has 0 amide bonds. The van der Waals surface area contributed by atoms with Crippen LogP contribution in [-0.2, 0) is 17.1 Å². The summed E-state index contributed by atoms with van der Waals surface area (Å²) in [6, 6.07) is 6.65. The van der Waals surface area contributed by atoms with Crippen LogP contribution in [0, 0.1) is 17.0 Å². The van der Waals surface area contributed by atoms with Crippen LogP contribution in [0.5, 0.6) is 0 Å². The average molecular weight is 193 g/mol. The second-order valence-electron chi connectivity index (χ2n) is 2.04. The largest absolute Gasteiger partial charge is 0.272 e. The number of nitrogens with zero attached hydrogens (tertiary/aromatic N) is 1. The van der Waals surface area contributed by atoms with Crippen molar-refractivity contribution in [1.29, 1.82) is 0 Å². The van der Waals surface area contributed by atoms with Gasteiger partial charge < -0.3 is 0 Å². The summed E-state index contributed by atoms with van der Waals surface area (Å²) in [5.41, 5.74) is 0.884. The Labute approximate surface area is 75.0 Å². The van der Waals surface area contributed by atoms with E-state index < -0.39 is 0 Å². The van der Waals surface area contributed by atoms with E-state index in [1.54, 1.807) is 25.1 Å². The molecule has 0 bridgehead atoms. The number of nitro groups is 1. The summed E-state index contributed by atoms with van der Waals surface area (Å²) in [5.74, 6) is 0. The molecule has 0 aliphatic heterocycles. The van der Waals surface area contributed by atoms with Gasteiger partial charge in [0.1, 0.15) is 0 Å². The first-order valence-electron chi connectivity index (χ1n) is 2.92. The van der Waals surface area contributed by atoms with Crippen LogP contribution in [0.3, 0.4) is 0 Å². The Morgan fingerprint density at radius 1 is 1.36 bits per heavy atom.